The lowest BCUT2D eigenvalue weighted by Crippen LogP contribution is -2.42. The Balaban J connectivity index is 1.91. The van der Waals surface area contributed by atoms with Crippen LogP contribution in [0.15, 0.2) is 11.6 Å². The molecule has 5 nitrogen and oxygen atoms in total. The molecule has 5 heteroatoms. The van der Waals surface area contributed by atoms with Gasteiger partial charge >= 0.3 is 5.97 Å². The maximum atomic E-state index is 11.9. The Labute approximate surface area is 113 Å². The summed E-state index contributed by atoms with van der Waals surface area (Å²) >= 11 is 0. The third kappa shape index (κ3) is 2.68. The molecule has 0 aromatic carbocycles. The highest BCUT2D eigenvalue weighted by Crippen LogP contribution is 2.29. The van der Waals surface area contributed by atoms with E-state index in [0.717, 1.165) is 25.1 Å². The SMILES string of the molecule is CC(C)[C@@](C)(O)C(=O)OCC1=CCN2CC[C@@H](O)[C@@H]12. The summed E-state index contributed by atoms with van der Waals surface area (Å²) in [4.78, 5) is 14.0. The lowest BCUT2D eigenvalue weighted by Gasteiger charge is -2.26. The number of esters is 1. The minimum absolute atomic E-state index is 0.0169. The number of hydrogen-bond acceptors (Lipinski definition) is 5. The predicted molar refractivity (Wildman–Crippen MR) is 70.5 cm³/mol. The fourth-order valence-electron chi connectivity index (χ4n) is 2.56. The number of ether oxygens (including phenoxy) is 1. The molecule has 0 saturated carbocycles. The van der Waals surface area contributed by atoms with Crippen LogP contribution >= 0.6 is 0 Å². The third-order valence-corrected chi connectivity index (χ3v) is 4.35. The molecule has 2 heterocycles. The summed E-state index contributed by atoms with van der Waals surface area (Å²) in [5, 5.41) is 19.9. The normalized spacial score (nSPS) is 30.1. The van der Waals surface area contributed by atoms with Crippen molar-refractivity contribution in [3.63, 3.8) is 0 Å². The standard InChI is InChI=1S/C14H23NO4/c1-9(2)14(3,18)13(17)19-8-10-4-6-15-7-5-11(16)12(10)15/h4,9,11-12,16,18H,5-8H2,1-3H3/t11-,12-,14-/m1/s1. The van der Waals surface area contributed by atoms with Crippen molar-refractivity contribution in [2.75, 3.05) is 19.7 Å². The average Bonchev–Trinajstić information content (AvgIpc) is 2.90. The number of aliphatic hydroxyl groups is 2. The van der Waals surface area contributed by atoms with Crippen LogP contribution in [-0.2, 0) is 9.53 Å². The maximum absolute atomic E-state index is 11.9. The Bertz CT molecular complexity index is 389. The first-order valence-electron chi connectivity index (χ1n) is 6.84. The van der Waals surface area contributed by atoms with Gasteiger partial charge in [-0.2, -0.15) is 0 Å². The highest BCUT2D eigenvalue weighted by Gasteiger charge is 2.40. The Kier molecular flexibility index (Phi) is 3.99. The van der Waals surface area contributed by atoms with Gasteiger partial charge in [-0.15, -0.1) is 0 Å². The Hall–Kier alpha value is -0.910. The number of carbonyl (C=O) groups excluding carboxylic acids is 1. The van der Waals surface area contributed by atoms with Gasteiger partial charge in [0, 0.05) is 13.1 Å². The fourth-order valence-corrected chi connectivity index (χ4v) is 2.56. The van der Waals surface area contributed by atoms with Crippen molar-refractivity contribution in [1.29, 1.82) is 0 Å². The van der Waals surface area contributed by atoms with E-state index in [4.69, 9.17) is 4.74 Å². The van der Waals surface area contributed by atoms with E-state index in [-0.39, 0.29) is 24.7 Å². The number of rotatable bonds is 4. The first kappa shape index (κ1) is 14.5. The highest BCUT2D eigenvalue weighted by molar-refractivity contribution is 5.79. The molecule has 0 radical (unpaired) electrons. The molecular weight excluding hydrogens is 246 g/mol. The molecule has 0 aromatic heterocycles. The van der Waals surface area contributed by atoms with Crippen LogP contribution in [0.3, 0.4) is 0 Å². The molecule has 1 saturated heterocycles. The summed E-state index contributed by atoms with van der Waals surface area (Å²) in [6.07, 6.45) is 2.39. The molecule has 0 spiro atoms. The Morgan fingerprint density at radius 2 is 2.32 bits per heavy atom. The van der Waals surface area contributed by atoms with Crippen molar-refractivity contribution >= 4 is 5.97 Å². The molecule has 3 atom stereocenters. The van der Waals surface area contributed by atoms with Gasteiger partial charge in [-0.25, -0.2) is 4.79 Å². The van der Waals surface area contributed by atoms with E-state index in [9.17, 15) is 15.0 Å². The van der Waals surface area contributed by atoms with Crippen molar-refractivity contribution in [3.05, 3.63) is 11.6 Å². The molecule has 0 unspecified atom stereocenters. The molecule has 0 amide bonds. The van der Waals surface area contributed by atoms with Crippen LogP contribution in [0, 0.1) is 5.92 Å². The van der Waals surface area contributed by atoms with Gasteiger partial charge in [0.25, 0.3) is 0 Å². The van der Waals surface area contributed by atoms with Crippen molar-refractivity contribution in [1.82, 2.24) is 4.90 Å². The van der Waals surface area contributed by atoms with E-state index in [1.807, 2.05) is 6.08 Å². The number of fused-ring (bicyclic) bond motifs is 1. The maximum Gasteiger partial charge on any atom is 0.338 e. The van der Waals surface area contributed by atoms with Crippen molar-refractivity contribution in [2.45, 2.75) is 44.9 Å². The molecule has 2 N–H and O–H groups in total. The number of aliphatic hydroxyl groups excluding tert-OH is 1. The molecule has 19 heavy (non-hydrogen) atoms. The summed E-state index contributed by atoms with van der Waals surface area (Å²) in [5.74, 6) is -0.805. The average molecular weight is 269 g/mol. The second-order valence-corrected chi connectivity index (χ2v) is 5.95. The van der Waals surface area contributed by atoms with Crippen LogP contribution in [-0.4, -0.2) is 58.5 Å². The van der Waals surface area contributed by atoms with E-state index in [1.54, 1.807) is 13.8 Å². The molecule has 0 aromatic rings. The molecule has 108 valence electrons. The van der Waals surface area contributed by atoms with E-state index in [1.165, 1.54) is 6.92 Å². The largest absolute Gasteiger partial charge is 0.459 e. The Morgan fingerprint density at radius 3 is 2.95 bits per heavy atom. The summed E-state index contributed by atoms with van der Waals surface area (Å²) in [5.41, 5.74) is -0.523. The lowest BCUT2D eigenvalue weighted by molar-refractivity contribution is -0.167. The van der Waals surface area contributed by atoms with E-state index in [2.05, 4.69) is 4.90 Å². The van der Waals surface area contributed by atoms with E-state index >= 15 is 0 Å². The van der Waals surface area contributed by atoms with Crippen LogP contribution in [0.25, 0.3) is 0 Å². The lowest BCUT2D eigenvalue weighted by atomic mass is 9.93. The smallest absolute Gasteiger partial charge is 0.338 e. The summed E-state index contributed by atoms with van der Waals surface area (Å²) in [6, 6.07) is -0.0169. The van der Waals surface area contributed by atoms with Gasteiger partial charge < -0.3 is 14.9 Å². The van der Waals surface area contributed by atoms with Gasteiger partial charge in [-0.1, -0.05) is 19.9 Å². The topological polar surface area (TPSA) is 70.0 Å². The summed E-state index contributed by atoms with van der Waals surface area (Å²) < 4.78 is 5.21. The number of carbonyl (C=O) groups is 1. The summed E-state index contributed by atoms with van der Waals surface area (Å²) in [7, 11) is 0. The van der Waals surface area contributed by atoms with Gasteiger partial charge in [0.15, 0.2) is 5.60 Å². The fraction of sp³-hybridized carbons (Fsp3) is 0.786. The first-order chi connectivity index (χ1) is 8.84. The van der Waals surface area contributed by atoms with Crippen molar-refractivity contribution in [2.24, 2.45) is 5.92 Å². The Morgan fingerprint density at radius 1 is 1.63 bits per heavy atom. The first-order valence-corrected chi connectivity index (χ1v) is 6.84. The van der Waals surface area contributed by atoms with Gasteiger partial charge in [0.2, 0.25) is 0 Å². The van der Waals surface area contributed by atoms with Crippen molar-refractivity contribution < 1.29 is 19.7 Å². The monoisotopic (exact) mass is 269 g/mol. The van der Waals surface area contributed by atoms with Crippen LogP contribution in [0.5, 0.6) is 0 Å². The molecule has 2 rings (SSSR count). The van der Waals surface area contributed by atoms with Gasteiger partial charge in [0.1, 0.15) is 6.61 Å². The highest BCUT2D eigenvalue weighted by atomic mass is 16.5. The summed E-state index contributed by atoms with van der Waals surface area (Å²) in [6.45, 7) is 6.86. The molecule has 0 bridgehead atoms. The molecule has 0 aliphatic carbocycles. The number of hydrogen-bond donors (Lipinski definition) is 2. The van der Waals surface area contributed by atoms with E-state index in [0.29, 0.717) is 0 Å². The molecule has 2 aliphatic rings. The minimum Gasteiger partial charge on any atom is -0.459 e. The van der Waals surface area contributed by atoms with Crippen molar-refractivity contribution in [3.8, 4) is 0 Å². The zero-order chi connectivity index (χ0) is 14.2. The van der Waals surface area contributed by atoms with Gasteiger partial charge in [-0.3, -0.25) is 4.90 Å². The zero-order valence-electron chi connectivity index (χ0n) is 11.8. The van der Waals surface area contributed by atoms with Crippen LogP contribution in [0.4, 0.5) is 0 Å². The molecule has 1 fully saturated rings. The second kappa shape index (κ2) is 5.23. The minimum atomic E-state index is -1.47. The van der Waals surface area contributed by atoms with Crippen LogP contribution in [0.2, 0.25) is 0 Å². The van der Waals surface area contributed by atoms with Gasteiger partial charge in [0.05, 0.1) is 12.1 Å². The zero-order valence-corrected chi connectivity index (χ0v) is 11.8. The van der Waals surface area contributed by atoms with Crippen LogP contribution < -0.4 is 0 Å². The van der Waals surface area contributed by atoms with Gasteiger partial charge in [-0.05, 0) is 24.8 Å². The molecule has 2 aliphatic heterocycles. The predicted octanol–water partition coefficient (Wildman–Crippen LogP) is 0.312. The quantitative estimate of drug-likeness (QED) is 0.568. The molecular formula is C14H23NO4. The van der Waals surface area contributed by atoms with E-state index < -0.39 is 11.6 Å². The second-order valence-electron chi connectivity index (χ2n) is 5.95. The number of nitrogens with zero attached hydrogens (tertiary/aromatic N) is 1. The third-order valence-electron chi connectivity index (χ3n) is 4.35. The van der Waals surface area contributed by atoms with Crippen LogP contribution in [0.1, 0.15) is 27.2 Å².